The normalized spacial score (nSPS) is 17.3. The number of ether oxygens (including phenoxy) is 2. The van der Waals surface area contributed by atoms with Crippen molar-refractivity contribution < 1.29 is 43.0 Å². The van der Waals surface area contributed by atoms with E-state index in [0.29, 0.717) is 58.2 Å². The number of nitrogens with two attached hydrogens (primary N) is 1. The van der Waals surface area contributed by atoms with Gasteiger partial charge < -0.3 is 36.1 Å². The van der Waals surface area contributed by atoms with Crippen molar-refractivity contribution in [1.29, 1.82) is 0 Å². The Bertz CT molecular complexity index is 1960. The molecule has 1 aliphatic heterocycles. The Labute approximate surface area is 392 Å². The van der Waals surface area contributed by atoms with Crippen LogP contribution in [0.15, 0.2) is 60.7 Å². The number of benzene rings is 2. The maximum absolute atomic E-state index is 14.5. The van der Waals surface area contributed by atoms with Crippen molar-refractivity contribution in [2.75, 3.05) is 19.6 Å². The molecule has 1 spiro atoms. The van der Waals surface area contributed by atoms with Gasteiger partial charge in [-0.3, -0.25) is 24.0 Å². The number of carbonyl (C=O) groups is 7. The van der Waals surface area contributed by atoms with Crippen molar-refractivity contribution in [3.63, 3.8) is 0 Å². The second-order valence-corrected chi connectivity index (χ2v) is 21.3. The molecule has 5 N–H and O–H groups in total. The van der Waals surface area contributed by atoms with Crippen LogP contribution >= 0.6 is 0 Å². The number of ketones is 3. The smallest absolute Gasteiger partial charge is 0.408 e. The highest BCUT2D eigenvalue weighted by Crippen LogP contribution is 2.54. The van der Waals surface area contributed by atoms with E-state index in [9.17, 15) is 33.6 Å². The maximum atomic E-state index is 14.5. The Kier molecular flexibility index (Phi) is 19.1. The SMILES string of the molecule is CC(=O)C1(N)CC2(CCN(C(=O)[C@@H](CCCCNC(=O)OC(C)(C)C)CC(=O)[C@@H](CC(C)C)NC(=O)[C@H](CC(=O)[C@@H](Cc3ccccc3)NC(=O)OC(C)(C)C)Cc3ccccc3)CC2)C1. The third kappa shape index (κ3) is 17.3. The topological polar surface area (TPSA) is 203 Å². The molecule has 14 nitrogen and oxygen atoms in total. The molecule has 2 aromatic rings. The van der Waals surface area contributed by atoms with Gasteiger partial charge in [0.1, 0.15) is 17.0 Å². The molecule has 66 heavy (non-hydrogen) atoms. The van der Waals surface area contributed by atoms with Crippen LogP contribution in [0.2, 0.25) is 0 Å². The van der Waals surface area contributed by atoms with E-state index in [1.807, 2.05) is 79.4 Å². The number of Topliss-reactive ketones (excluding diaryl/α,β-unsaturated/α-hetero) is 3. The molecule has 1 aliphatic carbocycles. The molecule has 0 aromatic heterocycles. The van der Waals surface area contributed by atoms with Crippen molar-refractivity contribution in [3.8, 4) is 0 Å². The lowest BCUT2D eigenvalue weighted by Gasteiger charge is -2.56. The van der Waals surface area contributed by atoms with Crippen LogP contribution in [0, 0.1) is 23.2 Å². The highest BCUT2D eigenvalue weighted by atomic mass is 16.6. The molecule has 2 fully saturated rings. The predicted molar refractivity (Wildman–Crippen MR) is 254 cm³/mol. The lowest BCUT2D eigenvalue weighted by Crippen LogP contribution is -2.64. The van der Waals surface area contributed by atoms with Crippen molar-refractivity contribution >= 4 is 41.4 Å². The molecule has 0 unspecified atom stereocenters. The summed E-state index contributed by atoms with van der Waals surface area (Å²) in [5, 5.41) is 8.55. The fourth-order valence-corrected chi connectivity index (χ4v) is 9.19. The number of rotatable bonds is 22. The Balaban J connectivity index is 1.53. The van der Waals surface area contributed by atoms with Crippen LogP contribution in [0.3, 0.4) is 0 Å². The number of hydrogen-bond donors (Lipinski definition) is 4. The van der Waals surface area contributed by atoms with Gasteiger partial charge in [-0.2, -0.15) is 0 Å². The molecule has 4 amide bonds. The van der Waals surface area contributed by atoms with Gasteiger partial charge in [0.05, 0.1) is 17.6 Å². The number of amides is 4. The highest BCUT2D eigenvalue weighted by Gasteiger charge is 2.56. The van der Waals surface area contributed by atoms with Crippen molar-refractivity contribution in [2.45, 2.75) is 168 Å². The number of unbranched alkanes of at least 4 members (excludes halogenated alkanes) is 1. The predicted octanol–water partition coefficient (Wildman–Crippen LogP) is 7.43. The van der Waals surface area contributed by atoms with Gasteiger partial charge in [0.15, 0.2) is 11.6 Å². The number of nitrogens with one attached hydrogen (secondary N) is 3. The maximum Gasteiger partial charge on any atom is 0.408 e. The third-order valence-corrected chi connectivity index (χ3v) is 12.6. The minimum atomic E-state index is -0.992. The average molecular weight is 916 g/mol. The molecule has 364 valence electrons. The van der Waals surface area contributed by atoms with Gasteiger partial charge in [-0.1, -0.05) is 80.9 Å². The quantitative estimate of drug-likeness (QED) is 0.0861. The van der Waals surface area contributed by atoms with E-state index >= 15 is 0 Å². The van der Waals surface area contributed by atoms with Crippen LogP contribution in [0.4, 0.5) is 9.59 Å². The first-order valence-electron chi connectivity index (χ1n) is 23.8. The van der Waals surface area contributed by atoms with E-state index < -0.39 is 58.8 Å². The molecule has 4 rings (SSSR count). The summed E-state index contributed by atoms with van der Waals surface area (Å²) in [5.41, 5.74) is 5.68. The van der Waals surface area contributed by atoms with Crippen LogP contribution in [0.5, 0.6) is 0 Å². The molecule has 2 aliphatic rings. The lowest BCUT2D eigenvalue weighted by atomic mass is 9.53. The molecule has 2 aromatic carbocycles. The summed E-state index contributed by atoms with van der Waals surface area (Å²) >= 11 is 0. The number of likely N-dealkylation sites (tertiary alicyclic amines) is 1. The molecule has 0 radical (unpaired) electrons. The number of nitrogens with zero attached hydrogens (tertiary/aromatic N) is 1. The van der Waals surface area contributed by atoms with E-state index in [2.05, 4.69) is 16.0 Å². The number of piperidine rings is 1. The first-order chi connectivity index (χ1) is 30.9. The molecule has 4 atom stereocenters. The van der Waals surface area contributed by atoms with Crippen LogP contribution in [-0.2, 0) is 46.3 Å². The number of hydrogen-bond acceptors (Lipinski definition) is 10. The average Bonchev–Trinajstić information content (AvgIpc) is 3.21. The molecular weight excluding hydrogens is 839 g/mol. The van der Waals surface area contributed by atoms with Gasteiger partial charge in [-0.25, -0.2) is 9.59 Å². The van der Waals surface area contributed by atoms with Gasteiger partial charge in [-0.15, -0.1) is 0 Å². The summed E-state index contributed by atoms with van der Waals surface area (Å²) in [5.74, 6) is -2.82. The third-order valence-electron chi connectivity index (χ3n) is 12.6. The van der Waals surface area contributed by atoms with Gasteiger partial charge in [0.2, 0.25) is 11.8 Å². The molecule has 1 saturated carbocycles. The summed E-state index contributed by atoms with van der Waals surface area (Å²) in [4.78, 5) is 97.1. The minimum Gasteiger partial charge on any atom is -0.444 e. The summed E-state index contributed by atoms with van der Waals surface area (Å²) < 4.78 is 10.9. The largest absolute Gasteiger partial charge is 0.444 e. The van der Waals surface area contributed by atoms with E-state index in [1.54, 1.807) is 41.5 Å². The molecule has 1 heterocycles. The van der Waals surface area contributed by atoms with Crippen molar-refractivity contribution in [3.05, 3.63) is 71.8 Å². The van der Waals surface area contributed by atoms with Crippen LogP contribution in [0.1, 0.15) is 138 Å². The fraction of sp³-hybridized carbons (Fsp3) is 0.635. The lowest BCUT2D eigenvalue weighted by molar-refractivity contribution is -0.145. The van der Waals surface area contributed by atoms with Crippen LogP contribution in [0.25, 0.3) is 0 Å². The van der Waals surface area contributed by atoms with Gasteiger partial charge in [0, 0.05) is 44.3 Å². The monoisotopic (exact) mass is 916 g/mol. The highest BCUT2D eigenvalue weighted by molar-refractivity contribution is 5.95. The zero-order valence-corrected chi connectivity index (χ0v) is 41.0. The Hall–Kier alpha value is -5.11. The Morgan fingerprint density at radius 2 is 1.21 bits per heavy atom. The minimum absolute atomic E-state index is 0.000227. The molecule has 14 heteroatoms. The van der Waals surface area contributed by atoms with E-state index in [1.165, 1.54) is 6.92 Å². The summed E-state index contributed by atoms with van der Waals surface area (Å²) in [6.07, 6.45) is 3.25. The summed E-state index contributed by atoms with van der Waals surface area (Å²) in [6.45, 7) is 17.3. The first-order valence-corrected chi connectivity index (χ1v) is 23.8. The second-order valence-electron chi connectivity index (χ2n) is 21.3. The zero-order chi connectivity index (χ0) is 48.9. The summed E-state index contributed by atoms with van der Waals surface area (Å²) in [7, 11) is 0. The second kappa shape index (κ2) is 23.6. The van der Waals surface area contributed by atoms with Gasteiger partial charge in [0.25, 0.3) is 0 Å². The number of alkyl carbamates (subject to hydrolysis) is 2. The first kappa shape index (κ1) is 53.5. The Morgan fingerprint density at radius 1 is 0.697 bits per heavy atom. The van der Waals surface area contributed by atoms with Gasteiger partial charge >= 0.3 is 12.2 Å². The van der Waals surface area contributed by atoms with Crippen LogP contribution < -0.4 is 21.7 Å². The Morgan fingerprint density at radius 3 is 1.74 bits per heavy atom. The van der Waals surface area contributed by atoms with Crippen molar-refractivity contribution in [2.24, 2.45) is 28.9 Å². The molecular formula is C52H77N5O9. The molecule has 1 saturated heterocycles. The molecule has 0 bridgehead atoms. The van der Waals surface area contributed by atoms with E-state index in [-0.39, 0.29) is 60.3 Å². The van der Waals surface area contributed by atoms with E-state index in [0.717, 1.165) is 24.0 Å². The number of carbonyl (C=O) groups excluding carboxylic acids is 7. The van der Waals surface area contributed by atoms with Crippen molar-refractivity contribution in [1.82, 2.24) is 20.9 Å². The summed E-state index contributed by atoms with van der Waals surface area (Å²) in [6, 6.07) is 16.7. The fourth-order valence-electron chi connectivity index (χ4n) is 9.19. The zero-order valence-electron chi connectivity index (χ0n) is 41.0. The van der Waals surface area contributed by atoms with Crippen LogP contribution in [-0.4, -0.2) is 94.7 Å². The van der Waals surface area contributed by atoms with Gasteiger partial charge in [-0.05, 0) is 129 Å². The standard InChI is InChI=1S/C52H77N5O9/c1-35(2)28-41(55-45(61)40(29-37-18-12-10-13-19-37)32-44(60)42(30-38-20-14-11-15-21-38)56-48(64)66-50(7,8)9)43(59)31-39(22-16-17-25-54-47(63)65-49(4,5)6)46(62)57-26-23-51(24-27-57)33-52(53,34-51)36(3)58/h10-15,18-21,35,39-42H,16-17,22-34,53H2,1-9H3,(H,54,63)(H,55,61)(H,56,64)/t39-,40-,41+,42+/m0/s1. The van der Waals surface area contributed by atoms with E-state index in [4.69, 9.17) is 15.2 Å².